The first-order valence-electron chi connectivity index (χ1n) is 8.72. The molecule has 1 aliphatic heterocycles. The summed E-state index contributed by atoms with van der Waals surface area (Å²) >= 11 is 0. The van der Waals surface area contributed by atoms with E-state index in [4.69, 9.17) is 0 Å². The molecule has 2 fully saturated rings. The first-order chi connectivity index (χ1) is 10.6. The van der Waals surface area contributed by atoms with Crippen LogP contribution in [0.4, 0.5) is 5.82 Å². The fourth-order valence-electron chi connectivity index (χ4n) is 4.59. The Kier molecular flexibility index (Phi) is 3.48. The molecule has 1 saturated heterocycles. The summed E-state index contributed by atoms with van der Waals surface area (Å²) in [5, 5.41) is 0. The largest absolute Gasteiger partial charge is 0.354 e. The Labute approximate surface area is 134 Å². The Morgan fingerprint density at radius 3 is 2.64 bits per heavy atom. The van der Waals surface area contributed by atoms with Gasteiger partial charge in [-0.05, 0) is 42.2 Å². The number of allylic oxidation sites excluding steroid dienone is 1. The average molecular weight is 297 g/mol. The van der Waals surface area contributed by atoms with E-state index >= 15 is 0 Å². The SMILES string of the molecule is CC1(C)[C@@H]2CC=C(CN3CCN(c4ccccn4)CC3)[C@@H]1C2. The molecule has 3 nitrogen and oxygen atoms in total. The van der Waals surface area contributed by atoms with Crippen LogP contribution < -0.4 is 4.90 Å². The Balaban J connectivity index is 1.34. The van der Waals surface area contributed by atoms with E-state index in [1.54, 1.807) is 5.57 Å². The maximum absolute atomic E-state index is 4.48. The van der Waals surface area contributed by atoms with E-state index in [-0.39, 0.29) is 0 Å². The van der Waals surface area contributed by atoms with Crippen molar-refractivity contribution in [2.45, 2.75) is 26.7 Å². The van der Waals surface area contributed by atoms with Crippen LogP contribution in [-0.2, 0) is 0 Å². The van der Waals surface area contributed by atoms with Crippen LogP contribution in [0.5, 0.6) is 0 Å². The standard InChI is InChI=1S/C19H27N3/c1-19(2)16-7-6-15(17(19)13-16)14-21-9-11-22(12-10-21)18-5-3-4-8-20-18/h3-6,8,16-17H,7,9-14H2,1-2H3/t16-,17+/m1/s1. The third kappa shape index (κ3) is 2.36. The van der Waals surface area contributed by atoms with Crippen LogP contribution in [0.3, 0.4) is 0 Å². The van der Waals surface area contributed by atoms with Gasteiger partial charge in [-0.3, -0.25) is 4.90 Å². The molecule has 1 saturated carbocycles. The van der Waals surface area contributed by atoms with Gasteiger partial charge in [-0.15, -0.1) is 0 Å². The van der Waals surface area contributed by atoms with Crippen molar-refractivity contribution in [3.05, 3.63) is 36.0 Å². The summed E-state index contributed by atoms with van der Waals surface area (Å²) in [5.41, 5.74) is 2.28. The molecule has 2 heterocycles. The van der Waals surface area contributed by atoms with Crippen LogP contribution in [0.1, 0.15) is 26.7 Å². The Morgan fingerprint density at radius 1 is 1.18 bits per heavy atom. The normalized spacial score (nSPS) is 30.6. The van der Waals surface area contributed by atoms with Crippen molar-refractivity contribution in [3.8, 4) is 0 Å². The van der Waals surface area contributed by atoms with Gasteiger partial charge < -0.3 is 4.90 Å². The molecular formula is C19H27N3. The molecule has 0 radical (unpaired) electrons. The van der Waals surface area contributed by atoms with Crippen LogP contribution >= 0.6 is 0 Å². The van der Waals surface area contributed by atoms with Gasteiger partial charge in [0.1, 0.15) is 5.82 Å². The highest BCUT2D eigenvalue weighted by atomic mass is 15.3. The number of piperazine rings is 1. The second kappa shape index (κ2) is 5.38. The highest BCUT2D eigenvalue weighted by Gasteiger charge is 2.51. The maximum Gasteiger partial charge on any atom is 0.128 e. The van der Waals surface area contributed by atoms with Gasteiger partial charge in [0, 0.05) is 38.9 Å². The number of fused-ring (bicyclic) bond motifs is 1. The zero-order chi connectivity index (χ0) is 15.2. The van der Waals surface area contributed by atoms with Gasteiger partial charge in [0.25, 0.3) is 0 Å². The number of hydrogen-bond acceptors (Lipinski definition) is 3. The smallest absolute Gasteiger partial charge is 0.128 e. The second-order valence-corrected chi connectivity index (χ2v) is 7.77. The number of pyridine rings is 1. The van der Waals surface area contributed by atoms with E-state index < -0.39 is 0 Å². The molecule has 0 N–H and O–H groups in total. The lowest BCUT2D eigenvalue weighted by atomic mass is 9.49. The van der Waals surface area contributed by atoms with E-state index in [1.165, 1.54) is 19.4 Å². The van der Waals surface area contributed by atoms with Crippen molar-refractivity contribution in [2.24, 2.45) is 17.3 Å². The van der Waals surface area contributed by atoms with Gasteiger partial charge in [0.05, 0.1) is 0 Å². The zero-order valence-corrected chi connectivity index (χ0v) is 13.8. The summed E-state index contributed by atoms with van der Waals surface area (Å²) in [6.07, 6.45) is 7.19. The molecule has 2 bridgehead atoms. The molecule has 0 aromatic carbocycles. The van der Waals surface area contributed by atoms with Crippen molar-refractivity contribution in [2.75, 3.05) is 37.6 Å². The minimum absolute atomic E-state index is 0.555. The molecule has 1 aromatic rings. The zero-order valence-electron chi connectivity index (χ0n) is 13.8. The molecule has 4 aliphatic rings. The quantitative estimate of drug-likeness (QED) is 0.799. The van der Waals surface area contributed by atoms with E-state index in [0.717, 1.165) is 43.8 Å². The molecule has 0 spiro atoms. The van der Waals surface area contributed by atoms with Crippen LogP contribution in [0.2, 0.25) is 0 Å². The van der Waals surface area contributed by atoms with E-state index in [9.17, 15) is 0 Å². The first-order valence-corrected chi connectivity index (χ1v) is 8.72. The van der Waals surface area contributed by atoms with Crippen molar-refractivity contribution < 1.29 is 0 Å². The van der Waals surface area contributed by atoms with Gasteiger partial charge in [-0.25, -0.2) is 4.98 Å². The van der Waals surface area contributed by atoms with Crippen molar-refractivity contribution in [1.82, 2.24) is 9.88 Å². The molecule has 118 valence electrons. The lowest BCUT2D eigenvalue weighted by molar-refractivity contribution is -0.0107. The van der Waals surface area contributed by atoms with Crippen LogP contribution in [0.15, 0.2) is 36.0 Å². The number of aromatic nitrogens is 1. The molecule has 3 aliphatic carbocycles. The highest BCUT2D eigenvalue weighted by molar-refractivity contribution is 5.38. The topological polar surface area (TPSA) is 19.4 Å². The highest BCUT2D eigenvalue weighted by Crippen LogP contribution is 2.59. The van der Waals surface area contributed by atoms with Crippen LogP contribution in [0, 0.1) is 17.3 Å². The third-order valence-corrected chi connectivity index (χ3v) is 6.33. The Bertz CT molecular complexity index is 555. The summed E-state index contributed by atoms with van der Waals surface area (Å²) in [6.45, 7) is 10.6. The van der Waals surface area contributed by atoms with Crippen LogP contribution in [0.25, 0.3) is 0 Å². The molecule has 3 heteroatoms. The van der Waals surface area contributed by atoms with Gasteiger partial charge in [-0.2, -0.15) is 0 Å². The molecule has 22 heavy (non-hydrogen) atoms. The first kappa shape index (κ1) is 14.3. The number of hydrogen-bond donors (Lipinski definition) is 0. The van der Waals surface area contributed by atoms with Gasteiger partial charge >= 0.3 is 0 Å². The van der Waals surface area contributed by atoms with Crippen molar-refractivity contribution in [1.29, 1.82) is 0 Å². The summed E-state index contributed by atoms with van der Waals surface area (Å²) in [5.74, 6) is 2.92. The van der Waals surface area contributed by atoms with Gasteiger partial charge in [-0.1, -0.05) is 31.6 Å². The molecule has 1 aromatic heterocycles. The van der Waals surface area contributed by atoms with Gasteiger partial charge in [0.15, 0.2) is 0 Å². The van der Waals surface area contributed by atoms with E-state index in [2.05, 4.69) is 46.8 Å². The van der Waals surface area contributed by atoms with E-state index in [1.807, 2.05) is 12.3 Å². The number of nitrogens with zero attached hydrogens (tertiary/aromatic N) is 3. The molecule has 2 atom stereocenters. The van der Waals surface area contributed by atoms with Crippen molar-refractivity contribution >= 4 is 5.82 Å². The number of anilines is 1. The summed E-state index contributed by atoms with van der Waals surface area (Å²) < 4.78 is 0. The fourth-order valence-corrected chi connectivity index (χ4v) is 4.59. The molecule has 0 unspecified atom stereocenters. The molecular weight excluding hydrogens is 270 g/mol. The minimum atomic E-state index is 0.555. The predicted octanol–water partition coefficient (Wildman–Crippen LogP) is 3.20. The molecule has 5 rings (SSSR count). The van der Waals surface area contributed by atoms with E-state index in [0.29, 0.717) is 5.41 Å². The van der Waals surface area contributed by atoms with Crippen molar-refractivity contribution in [3.63, 3.8) is 0 Å². The Morgan fingerprint density at radius 2 is 2.00 bits per heavy atom. The number of rotatable bonds is 3. The monoisotopic (exact) mass is 297 g/mol. The Hall–Kier alpha value is -1.35. The predicted molar refractivity (Wildman–Crippen MR) is 91.0 cm³/mol. The third-order valence-electron chi connectivity index (χ3n) is 6.33. The fraction of sp³-hybridized carbons (Fsp3) is 0.632. The lowest BCUT2D eigenvalue weighted by Gasteiger charge is -2.57. The average Bonchev–Trinajstić information content (AvgIpc) is 2.56. The minimum Gasteiger partial charge on any atom is -0.354 e. The molecule has 0 amide bonds. The summed E-state index contributed by atoms with van der Waals surface area (Å²) in [4.78, 5) is 9.53. The lowest BCUT2D eigenvalue weighted by Crippen LogP contribution is -2.52. The summed E-state index contributed by atoms with van der Waals surface area (Å²) in [7, 11) is 0. The second-order valence-electron chi connectivity index (χ2n) is 7.77. The van der Waals surface area contributed by atoms with Crippen LogP contribution in [-0.4, -0.2) is 42.6 Å². The van der Waals surface area contributed by atoms with Gasteiger partial charge in [0.2, 0.25) is 0 Å². The maximum atomic E-state index is 4.48. The summed E-state index contributed by atoms with van der Waals surface area (Å²) in [6, 6.07) is 6.19.